The molecule has 0 saturated carbocycles. The van der Waals surface area contributed by atoms with Gasteiger partial charge in [0.1, 0.15) is 0 Å². The van der Waals surface area contributed by atoms with Gasteiger partial charge in [-0.15, -0.1) is 10.2 Å². The summed E-state index contributed by atoms with van der Waals surface area (Å²) in [6.07, 6.45) is 1.78. The van der Waals surface area contributed by atoms with Gasteiger partial charge in [-0.3, -0.25) is 4.79 Å². The second-order valence-electron chi connectivity index (χ2n) is 4.81. The minimum Gasteiger partial charge on any atom is -0.313 e. The molecular weight excluding hydrogens is 314 g/mol. The Morgan fingerprint density at radius 1 is 1.48 bits per heavy atom. The van der Waals surface area contributed by atoms with Crippen LogP contribution in [0, 0.1) is 0 Å². The summed E-state index contributed by atoms with van der Waals surface area (Å²) in [5, 5.41) is 13.3. The molecule has 0 aliphatic carbocycles. The molecule has 0 aromatic carbocycles. The molecule has 1 atom stereocenters. The summed E-state index contributed by atoms with van der Waals surface area (Å²) >= 11 is 0.872. The molecule has 1 aromatic heterocycles. The Kier molecular flexibility index (Phi) is 5.25. The van der Waals surface area contributed by atoms with Gasteiger partial charge in [-0.05, 0) is 19.4 Å². The maximum atomic E-state index is 12.5. The molecule has 0 bridgehead atoms. The van der Waals surface area contributed by atoms with Gasteiger partial charge in [0.15, 0.2) is 0 Å². The maximum Gasteiger partial charge on any atom is 0.272 e. The number of amides is 1. The Balaban J connectivity index is 2.13. The number of nitrogens with zero attached hydrogens (tertiary/aromatic N) is 3. The molecule has 1 aromatic rings. The zero-order valence-corrected chi connectivity index (χ0v) is 13.6. The van der Waals surface area contributed by atoms with Crippen molar-refractivity contribution < 1.29 is 13.2 Å². The third kappa shape index (κ3) is 3.96. The van der Waals surface area contributed by atoms with E-state index in [0.717, 1.165) is 30.7 Å². The lowest BCUT2D eigenvalue weighted by Crippen LogP contribution is -2.47. The molecule has 2 heterocycles. The van der Waals surface area contributed by atoms with Gasteiger partial charge in [0.2, 0.25) is 15.4 Å². The minimum absolute atomic E-state index is 0.0802. The van der Waals surface area contributed by atoms with Crippen LogP contribution in [-0.2, 0) is 14.8 Å². The van der Waals surface area contributed by atoms with Crippen LogP contribution in [0.5, 0.6) is 0 Å². The number of carbonyl (C=O) groups is 1. The smallest absolute Gasteiger partial charge is 0.272 e. The van der Waals surface area contributed by atoms with Crippen molar-refractivity contribution in [1.82, 2.24) is 19.8 Å². The summed E-state index contributed by atoms with van der Waals surface area (Å²) in [4.78, 5) is 10.9. The summed E-state index contributed by atoms with van der Waals surface area (Å²) < 4.78 is 26.4. The largest absolute Gasteiger partial charge is 0.313 e. The van der Waals surface area contributed by atoms with E-state index in [1.54, 1.807) is 0 Å². The molecule has 1 aliphatic rings. The molecule has 0 spiro atoms. The van der Waals surface area contributed by atoms with Gasteiger partial charge < -0.3 is 10.6 Å². The zero-order valence-electron chi connectivity index (χ0n) is 12.0. The number of likely N-dealkylation sites (N-methyl/N-ethyl adjacent to an activating group) is 1. The van der Waals surface area contributed by atoms with Crippen molar-refractivity contribution in [2.45, 2.75) is 37.1 Å². The average Bonchev–Trinajstić information content (AvgIpc) is 2.88. The first-order chi connectivity index (χ1) is 9.93. The average molecular weight is 333 g/mol. The van der Waals surface area contributed by atoms with Crippen molar-refractivity contribution in [1.29, 1.82) is 0 Å². The van der Waals surface area contributed by atoms with E-state index < -0.39 is 10.0 Å². The van der Waals surface area contributed by atoms with Crippen molar-refractivity contribution in [2.75, 3.05) is 25.0 Å². The molecule has 1 amide bonds. The van der Waals surface area contributed by atoms with E-state index in [-0.39, 0.29) is 21.4 Å². The van der Waals surface area contributed by atoms with E-state index in [0.29, 0.717) is 13.1 Å². The fraction of sp³-hybridized carbons (Fsp3) is 0.727. The Hall–Kier alpha value is -1.10. The number of aromatic nitrogens is 2. The van der Waals surface area contributed by atoms with Crippen LogP contribution in [-0.4, -0.2) is 54.5 Å². The highest BCUT2D eigenvalue weighted by atomic mass is 32.2. The summed E-state index contributed by atoms with van der Waals surface area (Å²) in [5.41, 5.74) is 0. The number of anilines is 1. The molecule has 21 heavy (non-hydrogen) atoms. The Morgan fingerprint density at radius 3 is 2.90 bits per heavy atom. The van der Waals surface area contributed by atoms with Crippen LogP contribution < -0.4 is 10.6 Å². The van der Waals surface area contributed by atoms with Crippen LogP contribution in [0.15, 0.2) is 4.34 Å². The number of piperidine rings is 1. The third-order valence-corrected chi connectivity index (χ3v) is 6.18. The fourth-order valence-electron chi connectivity index (χ4n) is 2.24. The monoisotopic (exact) mass is 333 g/mol. The lowest BCUT2D eigenvalue weighted by Gasteiger charge is -2.31. The van der Waals surface area contributed by atoms with Crippen molar-refractivity contribution in [3.8, 4) is 0 Å². The third-order valence-electron chi connectivity index (χ3n) is 3.13. The van der Waals surface area contributed by atoms with Crippen LogP contribution in [0.4, 0.5) is 5.13 Å². The fourth-order valence-corrected chi connectivity index (χ4v) is 4.85. The predicted octanol–water partition coefficient (Wildman–Crippen LogP) is 0.259. The highest BCUT2D eigenvalue weighted by Gasteiger charge is 2.32. The quantitative estimate of drug-likeness (QED) is 0.749. The first kappa shape index (κ1) is 16.3. The van der Waals surface area contributed by atoms with Crippen LogP contribution in [0.1, 0.15) is 26.7 Å². The molecule has 2 N–H and O–H groups in total. The van der Waals surface area contributed by atoms with Gasteiger partial charge in [0.25, 0.3) is 10.0 Å². The van der Waals surface area contributed by atoms with E-state index >= 15 is 0 Å². The molecule has 1 unspecified atom stereocenters. The number of hydrogen-bond donors (Lipinski definition) is 2. The van der Waals surface area contributed by atoms with Crippen molar-refractivity contribution in [3.05, 3.63) is 0 Å². The highest BCUT2D eigenvalue weighted by molar-refractivity contribution is 7.91. The SMILES string of the molecule is CCNC1CCCN(S(=O)(=O)c2nnc(NC(C)=O)s2)C1. The lowest BCUT2D eigenvalue weighted by molar-refractivity contribution is -0.114. The van der Waals surface area contributed by atoms with E-state index in [2.05, 4.69) is 20.8 Å². The highest BCUT2D eigenvalue weighted by Crippen LogP contribution is 2.25. The number of nitrogens with one attached hydrogen (secondary N) is 2. The molecule has 1 aliphatic heterocycles. The standard InChI is InChI=1S/C11H19N5O3S2/c1-3-12-9-5-4-6-16(7-9)21(18,19)11-15-14-10(20-11)13-8(2)17/h9,12H,3-7H2,1-2H3,(H,13,14,17). The van der Waals surface area contributed by atoms with E-state index in [1.165, 1.54) is 11.2 Å². The zero-order chi connectivity index (χ0) is 15.5. The minimum atomic E-state index is -3.64. The topological polar surface area (TPSA) is 104 Å². The first-order valence-electron chi connectivity index (χ1n) is 6.78. The van der Waals surface area contributed by atoms with Gasteiger partial charge in [0, 0.05) is 26.1 Å². The Bertz CT molecular complexity index is 599. The van der Waals surface area contributed by atoms with Gasteiger partial charge in [-0.2, -0.15) is 4.31 Å². The van der Waals surface area contributed by atoms with Crippen LogP contribution in [0.2, 0.25) is 0 Å². The van der Waals surface area contributed by atoms with E-state index in [9.17, 15) is 13.2 Å². The van der Waals surface area contributed by atoms with Crippen LogP contribution >= 0.6 is 11.3 Å². The van der Waals surface area contributed by atoms with Crippen LogP contribution in [0.25, 0.3) is 0 Å². The van der Waals surface area contributed by atoms with Crippen molar-refractivity contribution in [3.63, 3.8) is 0 Å². The molecule has 0 radical (unpaired) electrons. The second-order valence-corrected chi connectivity index (χ2v) is 7.90. The van der Waals surface area contributed by atoms with Gasteiger partial charge >= 0.3 is 0 Å². The summed E-state index contributed by atoms with van der Waals surface area (Å²) in [7, 11) is -3.64. The molecular formula is C11H19N5O3S2. The van der Waals surface area contributed by atoms with E-state index in [1.807, 2.05) is 6.92 Å². The molecule has 2 rings (SSSR count). The Morgan fingerprint density at radius 2 is 2.24 bits per heavy atom. The van der Waals surface area contributed by atoms with Gasteiger partial charge in [0.05, 0.1) is 0 Å². The molecule has 8 nitrogen and oxygen atoms in total. The summed E-state index contributed by atoms with van der Waals surface area (Å²) in [6.45, 7) is 5.06. The van der Waals surface area contributed by atoms with Gasteiger partial charge in [-0.25, -0.2) is 8.42 Å². The summed E-state index contributed by atoms with van der Waals surface area (Å²) in [6, 6.07) is 0.168. The first-order valence-corrected chi connectivity index (χ1v) is 9.03. The number of sulfonamides is 1. The number of rotatable bonds is 5. The molecule has 1 fully saturated rings. The molecule has 10 heteroatoms. The van der Waals surface area contributed by atoms with Gasteiger partial charge in [-0.1, -0.05) is 18.3 Å². The molecule has 118 valence electrons. The van der Waals surface area contributed by atoms with Crippen molar-refractivity contribution >= 4 is 32.4 Å². The normalized spacial score (nSPS) is 20.4. The van der Waals surface area contributed by atoms with Crippen molar-refractivity contribution in [2.24, 2.45) is 0 Å². The number of hydrogen-bond acceptors (Lipinski definition) is 7. The summed E-state index contributed by atoms with van der Waals surface area (Å²) in [5.74, 6) is -0.305. The molecule has 1 saturated heterocycles. The van der Waals surface area contributed by atoms with Crippen LogP contribution in [0.3, 0.4) is 0 Å². The maximum absolute atomic E-state index is 12.5. The Labute approximate surface area is 128 Å². The van der Waals surface area contributed by atoms with E-state index in [4.69, 9.17) is 0 Å². The second kappa shape index (κ2) is 6.77. The predicted molar refractivity (Wildman–Crippen MR) is 79.7 cm³/mol. The number of carbonyl (C=O) groups excluding carboxylic acids is 1. The lowest BCUT2D eigenvalue weighted by atomic mass is 10.1.